The fraction of sp³-hybridized carbons (Fsp3) is 0.632. The lowest BCUT2D eigenvalue weighted by atomic mass is 10.1. The van der Waals surface area contributed by atoms with Crippen molar-refractivity contribution in [3.8, 4) is 0 Å². The number of carbonyl (C=O) groups excluding carboxylic acids is 1. The molecule has 0 spiro atoms. The second kappa shape index (κ2) is 7.93. The molecule has 0 bridgehead atoms. The van der Waals surface area contributed by atoms with Crippen molar-refractivity contribution in [1.82, 2.24) is 4.90 Å². The van der Waals surface area contributed by atoms with Gasteiger partial charge in [-0.2, -0.15) is 0 Å². The predicted octanol–water partition coefficient (Wildman–Crippen LogP) is 3.43. The Morgan fingerprint density at radius 1 is 1.30 bits per heavy atom. The van der Waals surface area contributed by atoms with E-state index in [1.807, 2.05) is 26.8 Å². The SMILES string of the molecule is C[C@H](c1ccccc1)N1CC[C@@H](COCC(=O)OC(C)(C)C)C1. The zero-order chi connectivity index (χ0) is 16.9. The van der Waals surface area contributed by atoms with Crippen LogP contribution in [0.4, 0.5) is 0 Å². The van der Waals surface area contributed by atoms with E-state index in [1.165, 1.54) is 5.56 Å². The van der Waals surface area contributed by atoms with Gasteiger partial charge in [0.1, 0.15) is 12.2 Å². The van der Waals surface area contributed by atoms with Crippen molar-refractivity contribution in [3.05, 3.63) is 35.9 Å². The van der Waals surface area contributed by atoms with E-state index in [2.05, 4.69) is 36.1 Å². The minimum Gasteiger partial charge on any atom is -0.458 e. The predicted molar refractivity (Wildman–Crippen MR) is 91.2 cm³/mol. The van der Waals surface area contributed by atoms with Crippen LogP contribution < -0.4 is 0 Å². The number of hydrogen-bond donors (Lipinski definition) is 0. The largest absolute Gasteiger partial charge is 0.458 e. The van der Waals surface area contributed by atoms with Gasteiger partial charge >= 0.3 is 5.97 Å². The summed E-state index contributed by atoms with van der Waals surface area (Å²) in [7, 11) is 0. The molecule has 0 amide bonds. The van der Waals surface area contributed by atoms with E-state index in [0.29, 0.717) is 18.6 Å². The lowest BCUT2D eigenvalue weighted by Crippen LogP contribution is -2.28. The normalized spacial score (nSPS) is 20.4. The molecule has 4 nitrogen and oxygen atoms in total. The molecule has 1 aromatic carbocycles. The first-order valence-corrected chi connectivity index (χ1v) is 8.44. The van der Waals surface area contributed by atoms with Gasteiger partial charge in [-0.15, -0.1) is 0 Å². The third-order valence-corrected chi connectivity index (χ3v) is 4.14. The molecular weight excluding hydrogens is 290 g/mol. The van der Waals surface area contributed by atoms with Gasteiger partial charge in [0.2, 0.25) is 0 Å². The molecule has 0 aliphatic carbocycles. The molecule has 0 saturated carbocycles. The number of hydrogen-bond acceptors (Lipinski definition) is 4. The van der Waals surface area contributed by atoms with Crippen LogP contribution in [0.5, 0.6) is 0 Å². The van der Waals surface area contributed by atoms with Crippen LogP contribution in [0.2, 0.25) is 0 Å². The van der Waals surface area contributed by atoms with Crippen LogP contribution in [-0.4, -0.2) is 42.8 Å². The van der Waals surface area contributed by atoms with Gasteiger partial charge in [-0.25, -0.2) is 4.79 Å². The van der Waals surface area contributed by atoms with Crippen molar-refractivity contribution in [2.75, 3.05) is 26.3 Å². The maximum atomic E-state index is 11.6. The Bertz CT molecular complexity index is 495. The van der Waals surface area contributed by atoms with E-state index in [0.717, 1.165) is 19.5 Å². The van der Waals surface area contributed by atoms with Gasteiger partial charge in [0.15, 0.2) is 0 Å². The Labute approximate surface area is 139 Å². The van der Waals surface area contributed by atoms with Gasteiger partial charge in [-0.3, -0.25) is 4.90 Å². The fourth-order valence-corrected chi connectivity index (χ4v) is 2.97. The maximum Gasteiger partial charge on any atom is 0.332 e. The average Bonchev–Trinajstić information content (AvgIpc) is 2.94. The van der Waals surface area contributed by atoms with E-state index in [9.17, 15) is 4.79 Å². The summed E-state index contributed by atoms with van der Waals surface area (Å²) in [5, 5.41) is 0. The third kappa shape index (κ3) is 5.96. The zero-order valence-corrected chi connectivity index (χ0v) is 14.7. The first-order chi connectivity index (χ1) is 10.8. The first kappa shape index (κ1) is 18.0. The highest BCUT2D eigenvalue weighted by molar-refractivity contribution is 5.71. The standard InChI is InChI=1S/C19H29NO3/c1-15(17-8-6-5-7-9-17)20-11-10-16(12-20)13-22-14-18(21)23-19(2,3)4/h5-9,15-16H,10-14H2,1-4H3/t15-,16-/m1/s1. The minimum absolute atomic E-state index is 0.0437. The molecule has 1 aromatic rings. The Balaban J connectivity index is 1.70. The Kier molecular flexibility index (Phi) is 6.19. The van der Waals surface area contributed by atoms with Gasteiger partial charge in [-0.05, 0) is 52.1 Å². The van der Waals surface area contributed by atoms with Gasteiger partial charge in [0.25, 0.3) is 0 Å². The number of ether oxygens (including phenoxy) is 2. The molecule has 1 fully saturated rings. The summed E-state index contributed by atoms with van der Waals surface area (Å²) in [6, 6.07) is 11.0. The molecule has 2 atom stereocenters. The number of rotatable bonds is 6. The molecule has 4 heteroatoms. The number of carbonyl (C=O) groups is 1. The van der Waals surface area contributed by atoms with Crippen LogP contribution in [0.1, 0.15) is 45.7 Å². The number of esters is 1. The van der Waals surface area contributed by atoms with Crippen molar-refractivity contribution in [2.45, 2.75) is 45.8 Å². The van der Waals surface area contributed by atoms with Crippen LogP contribution >= 0.6 is 0 Å². The highest BCUT2D eigenvalue weighted by atomic mass is 16.6. The lowest BCUT2D eigenvalue weighted by molar-refractivity contribution is -0.160. The summed E-state index contributed by atoms with van der Waals surface area (Å²) in [5.74, 6) is 0.202. The van der Waals surface area contributed by atoms with Crippen LogP contribution in [0.3, 0.4) is 0 Å². The monoisotopic (exact) mass is 319 g/mol. The molecule has 0 aromatic heterocycles. The van der Waals surface area contributed by atoms with E-state index in [-0.39, 0.29) is 12.6 Å². The average molecular weight is 319 g/mol. The van der Waals surface area contributed by atoms with Gasteiger partial charge in [0, 0.05) is 12.6 Å². The number of likely N-dealkylation sites (tertiary alicyclic amines) is 1. The molecule has 0 N–H and O–H groups in total. The van der Waals surface area contributed by atoms with Crippen molar-refractivity contribution < 1.29 is 14.3 Å². The van der Waals surface area contributed by atoms with Crippen LogP contribution in [0.25, 0.3) is 0 Å². The quantitative estimate of drug-likeness (QED) is 0.753. The number of nitrogens with zero attached hydrogens (tertiary/aromatic N) is 1. The summed E-state index contributed by atoms with van der Waals surface area (Å²) < 4.78 is 10.8. The topological polar surface area (TPSA) is 38.8 Å². The summed E-state index contributed by atoms with van der Waals surface area (Å²) in [6.07, 6.45) is 1.12. The summed E-state index contributed by atoms with van der Waals surface area (Å²) in [6.45, 7) is 10.6. The lowest BCUT2D eigenvalue weighted by Gasteiger charge is -2.24. The summed E-state index contributed by atoms with van der Waals surface area (Å²) in [4.78, 5) is 14.1. The highest BCUT2D eigenvalue weighted by Gasteiger charge is 2.27. The van der Waals surface area contributed by atoms with Gasteiger partial charge in [-0.1, -0.05) is 30.3 Å². The third-order valence-electron chi connectivity index (χ3n) is 4.14. The van der Waals surface area contributed by atoms with E-state index < -0.39 is 5.60 Å². The summed E-state index contributed by atoms with van der Waals surface area (Å²) >= 11 is 0. The van der Waals surface area contributed by atoms with Crippen LogP contribution in [0, 0.1) is 5.92 Å². The van der Waals surface area contributed by atoms with Crippen molar-refractivity contribution in [3.63, 3.8) is 0 Å². The molecule has 1 heterocycles. The smallest absolute Gasteiger partial charge is 0.332 e. The zero-order valence-electron chi connectivity index (χ0n) is 14.7. The van der Waals surface area contributed by atoms with E-state index in [4.69, 9.17) is 9.47 Å². The molecule has 1 aliphatic rings. The number of benzene rings is 1. The molecule has 23 heavy (non-hydrogen) atoms. The Hall–Kier alpha value is -1.39. The van der Waals surface area contributed by atoms with Crippen LogP contribution in [0.15, 0.2) is 30.3 Å². The second-order valence-electron chi connectivity index (χ2n) is 7.34. The second-order valence-corrected chi connectivity index (χ2v) is 7.34. The summed E-state index contributed by atoms with van der Waals surface area (Å²) in [5.41, 5.74) is 0.901. The molecule has 128 valence electrons. The highest BCUT2D eigenvalue weighted by Crippen LogP contribution is 2.27. The van der Waals surface area contributed by atoms with Gasteiger partial charge < -0.3 is 9.47 Å². The molecule has 2 rings (SSSR count). The minimum atomic E-state index is -0.449. The molecule has 1 saturated heterocycles. The molecule has 1 aliphatic heterocycles. The maximum absolute atomic E-state index is 11.6. The molecular formula is C19H29NO3. The van der Waals surface area contributed by atoms with Gasteiger partial charge in [0.05, 0.1) is 6.61 Å². The van der Waals surface area contributed by atoms with Crippen molar-refractivity contribution in [2.24, 2.45) is 5.92 Å². The molecule has 0 radical (unpaired) electrons. The Morgan fingerprint density at radius 2 is 2.00 bits per heavy atom. The first-order valence-electron chi connectivity index (χ1n) is 8.44. The van der Waals surface area contributed by atoms with E-state index in [1.54, 1.807) is 0 Å². The Morgan fingerprint density at radius 3 is 2.65 bits per heavy atom. The van der Waals surface area contributed by atoms with Crippen LogP contribution in [-0.2, 0) is 14.3 Å². The fourth-order valence-electron chi connectivity index (χ4n) is 2.97. The van der Waals surface area contributed by atoms with Crippen molar-refractivity contribution >= 4 is 5.97 Å². The van der Waals surface area contributed by atoms with E-state index >= 15 is 0 Å². The van der Waals surface area contributed by atoms with Crippen molar-refractivity contribution in [1.29, 1.82) is 0 Å². The molecule has 0 unspecified atom stereocenters.